The summed E-state index contributed by atoms with van der Waals surface area (Å²) < 4.78 is 0. The van der Waals surface area contributed by atoms with Crippen molar-refractivity contribution in [3.63, 3.8) is 0 Å². The predicted octanol–water partition coefficient (Wildman–Crippen LogP) is 1.75. The molecule has 0 aliphatic carbocycles. The van der Waals surface area contributed by atoms with Gasteiger partial charge >= 0.3 is 0 Å². The average Bonchev–Trinajstić information content (AvgIpc) is 2.14. The fraction of sp³-hybridized carbons (Fsp3) is 0.273. The standard InChI is InChI=1S/C11H13NO2/c1-7-4-9(3)10(5-8(7)2)12-11(14)6-13/h4-6H,1-3H3,(H,12,14). The second-order valence-corrected chi connectivity index (χ2v) is 3.36. The molecule has 0 spiro atoms. The van der Waals surface area contributed by atoms with Gasteiger partial charge in [-0.25, -0.2) is 0 Å². The zero-order valence-corrected chi connectivity index (χ0v) is 8.55. The third-order valence-electron chi connectivity index (χ3n) is 2.21. The summed E-state index contributed by atoms with van der Waals surface area (Å²) in [6.07, 6.45) is 0.272. The molecule has 14 heavy (non-hydrogen) atoms. The normalized spacial score (nSPS) is 9.64. The Morgan fingerprint density at radius 3 is 2.29 bits per heavy atom. The molecule has 1 rings (SSSR count). The smallest absolute Gasteiger partial charge is 0.288 e. The van der Waals surface area contributed by atoms with Gasteiger partial charge in [-0.2, -0.15) is 0 Å². The van der Waals surface area contributed by atoms with Crippen molar-refractivity contribution in [3.8, 4) is 0 Å². The summed E-state index contributed by atoms with van der Waals surface area (Å²) >= 11 is 0. The molecule has 0 saturated carbocycles. The second kappa shape index (κ2) is 4.05. The van der Waals surface area contributed by atoms with Gasteiger partial charge in [-0.05, 0) is 43.5 Å². The molecule has 3 nitrogen and oxygen atoms in total. The Bertz CT molecular complexity index is 383. The molecule has 1 N–H and O–H groups in total. The molecular weight excluding hydrogens is 178 g/mol. The number of benzene rings is 1. The summed E-state index contributed by atoms with van der Waals surface area (Å²) in [6, 6.07) is 3.85. The van der Waals surface area contributed by atoms with Crippen LogP contribution in [0.3, 0.4) is 0 Å². The van der Waals surface area contributed by atoms with E-state index in [0.717, 1.165) is 11.1 Å². The van der Waals surface area contributed by atoms with Gasteiger partial charge in [0.15, 0.2) is 0 Å². The van der Waals surface area contributed by atoms with E-state index in [1.807, 2.05) is 32.9 Å². The molecule has 0 bridgehead atoms. The lowest BCUT2D eigenvalue weighted by Gasteiger charge is -2.09. The van der Waals surface area contributed by atoms with Crippen LogP contribution >= 0.6 is 0 Å². The van der Waals surface area contributed by atoms with Crippen LogP contribution in [0.1, 0.15) is 16.7 Å². The molecule has 74 valence electrons. The van der Waals surface area contributed by atoms with Crippen LogP contribution < -0.4 is 5.32 Å². The van der Waals surface area contributed by atoms with Crippen LogP contribution in [0.25, 0.3) is 0 Å². The number of carbonyl (C=O) groups is 2. The summed E-state index contributed by atoms with van der Waals surface area (Å²) in [5.41, 5.74) is 3.93. The third-order valence-corrected chi connectivity index (χ3v) is 2.21. The summed E-state index contributed by atoms with van der Waals surface area (Å²) in [7, 11) is 0. The summed E-state index contributed by atoms with van der Waals surface area (Å²) in [5.74, 6) is -0.614. The van der Waals surface area contributed by atoms with Gasteiger partial charge in [-0.15, -0.1) is 0 Å². The number of anilines is 1. The number of amides is 1. The van der Waals surface area contributed by atoms with E-state index in [9.17, 15) is 9.59 Å². The average molecular weight is 191 g/mol. The molecule has 3 heteroatoms. The summed E-state index contributed by atoms with van der Waals surface area (Å²) in [5, 5.41) is 2.52. The molecular formula is C11H13NO2. The maximum atomic E-state index is 10.9. The zero-order valence-electron chi connectivity index (χ0n) is 8.55. The van der Waals surface area contributed by atoms with Gasteiger partial charge in [0.25, 0.3) is 5.91 Å². The van der Waals surface area contributed by atoms with Crippen molar-refractivity contribution in [1.29, 1.82) is 0 Å². The van der Waals surface area contributed by atoms with E-state index in [1.165, 1.54) is 5.56 Å². The Hall–Kier alpha value is -1.64. The van der Waals surface area contributed by atoms with Crippen LogP contribution in [0.15, 0.2) is 12.1 Å². The highest BCUT2D eigenvalue weighted by molar-refractivity contribution is 6.29. The second-order valence-electron chi connectivity index (χ2n) is 3.36. The van der Waals surface area contributed by atoms with Crippen LogP contribution in [-0.2, 0) is 9.59 Å². The minimum Gasteiger partial charge on any atom is -0.319 e. The van der Waals surface area contributed by atoms with Gasteiger partial charge in [0.05, 0.1) is 0 Å². The van der Waals surface area contributed by atoms with Gasteiger partial charge in [-0.3, -0.25) is 9.59 Å². The van der Waals surface area contributed by atoms with E-state index in [0.29, 0.717) is 5.69 Å². The topological polar surface area (TPSA) is 46.2 Å². The molecule has 0 aliphatic rings. The monoisotopic (exact) mass is 191 g/mol. The molecule has 0 fully saturated rings. The van der Waals surface area contributed by atoms with Gasteiger partial charge in [0.1, 0.15) is 0 Å². The quantitative estimate of drug-likeness (QED) is 0.571. The SMILES string of the molecule is Cc1cc(C)c(NC(=O)C=O)cc1C. The Labute approximate surface area is 83.1 Å². The molecule has 0 heterocycles. The first-order chi connectivity index (χ1) is 6.54. The van der Waals surface area contributed by atoms with Crippen molar-refractivity contribution in [2.24, 2.45) is 0 Å². The van der Waals surface area contributed by atoms with Gasteiger partial charge < -0.3 is 5.32 Å². The Morgan fingerprint density at radius 2 is 1.71 bits per heavy atom. The number of aryl methyl sites for hydroxylation is 3. The highest BCUT2D eigenvalue weighted by atomic mass is 16.2. The highest BCUT2D eigenvalue weighted by Gasteiger charge is 2.04. The van der Waals surface area contributed by atoms with Gasteiger partial charge in [0.2, 0.25) is 6.29 Å². The van der Waals surface area contributed by atoms with Crippen molar-refractivity contribution in [2.75, 3.05) is 5.32 Å². The first-order valence-electron chi connectivity index (χ1n) is 4.38. The van der Waals surface area contributed by atoms with Gasteiger partial charge in [0, 0.05) is 5.69 Å². The Kier molecular flexibility index (Phi) is 3.02. The maximum Gasteiger partial charge on any atom is 0.288 e. The minimum atomic E-state index is -0.614. The lowest BCUT2D eigenvalue weighted by molar-refractivity contribution is -0.127. The molecule has 1 amide bonds. The van der Waals surface area contributed by atoms with E-state index in [4.69, 9.17) is 0 Å². The number of carbonyl (C=O) groups excluding carboxylic acids is 2. The first kappa shape index (κ1) is 10.4. The van der Waals surface area contributed by atoms with Crippen LogP contribution in [0, 0.1) is 20.8 Å². The van der Waals surface area contributed by atoms with E-state index in [-0.39, 0.29) is 6.29 Å². The lowest BCUT2D eigenvalue weighted by atomic mass is 10.1. The van der Waals surface area contributed by atoms with Crippen molar-refractivity contribution in [2.45, 2.75) is 20.8 Å². The molecule has 0 radical (unpaired) electrons. The number of hydrogen-bond donors (Lipinski definition) is 1. The lowest BCUT2D eigenvalue weighted by Crippen LogP contribution is -2.13. The molecule has 0 unspecified atom stereocenters. The predicted molar refractivity (Wildman–Crippen MR) is 55.3 cm³/mol. The summed E-state index contributed by atoms with van der Waals surface area (Å²) in [4.78, 5) is 21.0. The van der Waals surface area contributed by atoms with Crippen molar-refractivity contribution >= 4 is 17.9 Å². The van der Waals surface area contributed by atoms with Crippen LogP contribution in [-0.4, -0.2) is 12.2 Å². The number of rotatable bonds is 2. The molecule has 0 aliphatic heterocycles. The Morgan fingerprint density at radius 1 is 1.14 bits per heavy atom. The van der Waals surface area contributed by atoms with Crippen molar-refractivity contribution in [3.05, 3.63) is 28.8 Å². The van der Waals surface area contributed by atoms with Crippen molar-refractivity contribution in [1.82, 2.24) is 0 Å². The van der Waals surface area contributed by atoms with Crippen molar-refractivity contribution < 1.29 is 9.59 Å². The fourth-order valence-electron chi connectivity index (χ4n) is 1.26. The Balaban J connectivity index is 3.03. The summed E-state index contributed by atoms with van der Waals surface area (Å²) in [6.45, 7) is 5.87. The number of nitrogens with one attached hydrogen (secondary N) is 1. The largest absolute Gasteiger partial charge is 0.319 e. The third kappa shape index (κ3) is 2.19. The zero-order chi connectivity index (χ0) is 10.7. The molecule has 0 atom stereocenters. The first-order valence-corrected chi connectivity index (χ1v) is 4.38. The molecule has 1 aromatic rings. The number of aldehydes is 1. The van der Waals surface area contributed by atoms with E-state index in [1.54, 1.807) is 0 Å². The maximum absolute atomic E-state index is 10.9. The van der Waals surface area contributed by atoms with E-state index >= 15 is 0 Å². The molecule has 0 aromatic heterocycles. The fourth-order valence-corrected chi connectivity index (χ4v) is 1.26. The van der Waals surface area contributed by atoms with Crippen LogP contribution in [0.4, 0.5) is 5.69 Å². The van der Waals surface area contributed by atoms with E-state index < -0.39 is 5.91 Å². The molecule has 0 saturated heterocycles. The minimum absolute atomic E-state index is 0.272. The van der Waals surface area contributed by atoms with Crippen LogP contribution in [0.2, 0.25) is 0 Å². The number of hydrogen-bond acceptors (Lipinski definition) is 2. The van der Waals surface area contributed by atoms with Gasteiger partial charge in [-0.1, -0.05) is 6.07 Å². The molecule has 1 aromatic carbocycles. The van der Waals surface area contributed by atoms with E-state index in [2.05, 4.69) is 5.32 Å². The van der Waals surface area contributed by atoms with Crippen LogP contribution in [0.5, 0.6) is 0 Å². The highest BCUT2D eigenvalue weighted by Crippen LogP contribution is 2.19.